The molecule has 0 spiro atoms. The summed E-state index contributed by atoms with van der Waals surface area (Å²) in [7, 11) is 0. The van der Waals surface area contributed by atoms with Gasteiger partial charge in [-0.1, -0.05) is 37.5 Å². The maximum atomic E-state index is 6.01. The van der Waals surface area contributed by atoms with Crippen molar-refractivity contribution >= 4 is 22.9 Å². The monoisotopic (exact) mass is 244 g/mol. The lowest BCUT2D eigenvalue weighted by Gasteiger charge is -2.30. The Morgan fingerprint density at radius 3 is 2.47 bits per heavy atom. The van der Waals surface area contributed by atoms with Gasteiger partial charge in [-0.25, -0.2) is 0 Å². The van der Waals surface area contributed by atoms with Crippen LogP contribution in [0, 0.1) is 0 Å². The van der Waals surface area contributed by atoms with Gasteiger partial charge in [0.05, 0.1) is 5.38 Å². The average Bonchev–Trinajstić information content (AvgIpc) is 2.68. The van der Waals surface area contributed by atoms with Gasteiger partial charge in [-0.15, -0.1) is 21.8 Å². The predicted octanol–water partition coefficient (Wildman–Crippen LogP) is 4.06. The van der Waals surface area contributed by atoms with Crippen molar-refractivity contribution in [1.82, 2.24) is 10.2 Å². The molecule has 0 amide bonds. The van der Waals surface area contributed by atoms with E-state index in [1.807, 2.05) is 6.92 Å². The van der Waals surface area contributed by atoms with Crippen molar-refractivity contribution in [3.8, 4) is 0 Å². The van der Waals surface area contributed by atoms with Crippen LogP contribution in [0.25, 0.3) is 0 Å². The summed E-state index contributed by atoms with van der Waals surface area (Å²) in [5.74, 6) is 0. The smallest absolute Gasteiger partial charge is 0.135 e. The Bertz CT molecular complexity index is 329. The first kappa shape index (κ1) is 11.3. The van der Waals surface area contributed by atoms with E-state index < -0.39 is 0 Å². The minimum Gasteiger partial charge on any atom is -0.143 e. The molecule has 84 valence electrons. The molecule has 1 heterocycles. The first-order valence-corrected chi connectivity index (χ1v) is 6.85. The van der Waals surface area contributed by atoms with Crippen LogP contribution in [0.1, 0.15) is 61.3 Å². The normalized spacial score (nSPS) is 22.6. The van der Waals surface area contributed by atoms with E-state index in [0.29, 0.717) is 0 Å². The van der Waals surface area contributed by atoms with Gasteiger partial charge >= 0.3 is 0 Å². The summed E-state index contributed by atoms with van der Waals surface area (Å²) in [6.07, 6.45) is 6.51. The second-order valence-corrected chi connectivity index (χ2v) is 6.35. The Kier molecular flexibility index (Phi) is 3.31. The summed E-state index contributed by atoms with van der Waals surface area (Å²) in [4.78, 5) is 0. The third kappa shape index (κ3) is 2.34. The van der Waals surface area contributed by atoms with Crippen LogP contribution in [-0.2, 0) is 5.41 Å². The lowest BCUT2D eigenvalue weighted by Crippen LogP contribution is -2.24. The van der Waals surface area contributed by atoms with Gasteiger partial charge in [0.2, 0.25) is 0 Å². The van der Waals surface area contributed by atoms with Gasteiger partial charge in [-0.3, -0.25) is 0 Å². The second kappa shape index (κ2) is 4.38. The van der Waals surface area contributed by atoms with Crippen LogP contribution in [0.15, 0.2) is 0 Å². The summed E-state index contributed by atoms with van der Waals surface area (Å²) in [6, 6.07) is 0. The Balaban J connectivity index is 2.20. The highest BCUT2D eigenvalue weighted by atomic mass is 35.5. The summed E-state index contributed by atoms with van der Waals surface area (Å²) in [6.45, 7) is 4.27. The van der Waals surface area contributed by atoms with Crippen LogP contribution < -0.4 is 0 Å². The molecule has 1 atom stereocenters. The lowest BCUT2D eigenvalue weighted by atomic mass is 9.76. The minimum atomic E-state index is -0.0107. The molecule has 4 heteroatoms. The van der Waals surface area contributed by atoms with Crippen LogP contribution in [0.5, 0.6) is 0 Å². The van der Waals surface area contributed by atoms with E-state index in [9.17, 15) is 0 Å². The highest BCUT2D eigenvalue weighted by Gasteiger charge is 2.32. The van der Waals surface area contributed by atoms with Crippen molar-refractivity contribution in [1.29, 1.82) is 0 Å². The molecule has 1 saturated carbocycles. The molecule has 2 nitrogen and oxygen atoms in total. The minimum absolute atomic E-state index is 0.0107. The number of hydrogen-bond donors (Lipinski definition) is 0. The summed E-state index contributed by atoms with van der Waals surface area (Å²) >= 11 is 7.70. The molecule has 0 radical (unpaired) electrons. The molecule has 1 aliphatic rings. The zero-order chi connectivity index (χ0) is 10.9. The van der Waals surface area contributed by atoms with Crippen molar-refractivity contribution < 1.29 is 0 Å². The van der Waals surface area contributed by atoms with Crippen molar-refractivity contribution in [3.63, 3.8) is 0 Å². The van der Waals surface area contributed by atoms with E-state index in [-0.39, 0.29) is 10.8 Å². The Morgan fingerprint density at radius 2 is 1.93 bits per heavy atom. The first-order chi connectivity index (χ1) is 7.12. The number of halogens is 1. The molecule has 1 unspecified atom stereocenters. The maximum absolute atomic E-state index is 6.01. The van der Waals surface area contributed by atoms with Gasteiger partial charge in [0.25, 0.3) is 0 Å². The standard InChI is InChI=1S/C11H17ClN2S/c1-8(12)9-13-14-10(15-9)11(2)6-4-3-5-7-11/h8H,3-7H2,1-2H3. The summed E-state index contributed by atoms with van der Waals surface area (Å²) < 4.78 is 0. The van der Waals surface area contributed by atoms with Crippen molar-refractivity contribution in [2.24, 2.45) is 0 Å². The van der Waals surface area contributed by atoms with E-state index in [2.05, 4.69) is 17.1 Å². The summed E-state index contributed by atoms with van der Waals surface area (Å²) in [5.41, 5.74) is 0.264. The van der Waals surface area contributed by atoms with Crippen LogP contribution in [0.2, 0.25) is 0 Å². The molecule has 2 rings (SSSR count). The molecular formula is C11H17ClN2S. The Labute approximate surface area is 100 Å². The van der Waals surface area contributed by atoms with Crippen LogP contribution in [0.4, 0.5) is 0 Å². The van der Waals surface area contributed by atoms with Gasteiger partial charge < -0.3 is 0 Å². The van der Waals surface area contributed by atoms with Crippen molar-refractivity contribution in [2.45, 2.75) is 56.7 Å². The van der Waals surface area contributed by atoms with Gasteiger partial charge in [0, 0.05) is 5.41 Å². The van der Waals surface area contributed by atoms with E-state index >= 15 is 0 Å². The van der Waals surface area contributed by atoms with Crippen molar-refractivity contribution in [3.05, 3.63) is 10.0 Å². The maximum Gasteiger partial charge on any atom is 0.135 e. The van der Waals surface area contributed by atoms with Gasteiger partial charge in [0.15, 0.2) is 0 Å². The van der Waals surface area contributed by atoms with E-state index in [1.54, 1.807) is 11.3 Å². The number of rotatable bonds is 2. The molecule has 1 aromatic rings. The third-order valence-electron chi connectivity index (χ3n) is 3.25. The molecule has 1 aromatic heterocycles. The first-order valence-electron chi connectivity index (χ1n) is 5.60. The topological polar surface area (TPSA) is 25.8 Å². The predicted molar refractivity (Wildman–Crippen MR) is 64.6 cm³/mol. The van der Waals surface area contributed by atoms with Crippen LogP contribution in [-0.4, -0.2) is 10.2 Å². The fraction of sp³-hybridized carbons (Fsp3) is 0.818. The molecule has 0 aliphatic heterocycles. The van der Waals surface area contributed by atoms with E-state index in [0.717, 1.165) is 5.01 Å². The quantitative estimate of drug-likeness (QED) is 0.734. The second-order valence-electron chi connectivity index (χ2n) is 4.68. The highest BCUT2D eigenvalue weighted by Crippen LogP contribution is 2.41. The third-order valence-corrected chi connectivity index (χ3v) is 5.00. The number of alkyl halides is 1. The number of hydrogen-bond acceptors (Lipinski definition) is 3. The molecule has 0 saturated heterocycles. The molecule has 15 heavy (non-hydrogen) atoms. The van der Waals surface area contributed by atoms with E-state index in [4.69, 9.17) is 11.6 Å². The van der Waals surface area contributed by atoms with E-state index in [1.165, 1.54) is 37.1 Å². The lowest BCUT2D eigenvalue weighted by molar-refractivity contribution is 0.317. The van der Waals surface area contributed by atoms with Gasteiger partial charge in [-0.05, 0) is 19.8 Å². The molecule has 0 bridgehead atoms. The van der Waals surface area contributed by atoms with Crippen molar-refractivity contribution in [2.75, 3.05) is 0 Å². The number of nitrogens with zero attached hydrogens (tertiary/aromatic N) is 2. The zero-order valence-corrected chi connectivity index (χ0v) is 10.9. The largest absolute Gasteiger partial charge is 0.143 e. The highest BCUT2D eigenvalue weighted by molar-refractivity contribution is 7.11. The summed E-state index contributed by atoms with van der Waals surface area (Å²) in [5, 5.41) is 10.6. The van der Waals surface area contributed by atoms with Gasteiger partial charge in [-0.2, -0.15) is 0 Å². The molecular weight excluding hydrogens is 228 g/mol. The molecule has 1 fully saturated rings. The number of aromatic nitrogens is 2. The van der Waals surface area contributed by atoms with Crippen LogP contribution in [0.3, 0.4) is 0 Å². The SMILES string of the molecule is CC(Cl)c1nnc(C2(C)CCCCC2)s1. The Morgan fingerprint density at radius 1 is 1.27 bits per heavy atom. The Hall–Kier alpha value is -0.150. The fourth-order valence-electron chi connectivity index (χ4n) is 2.19. The molecule has 0 aromatic carbocycles. The van der Waals surface area contributed by atoms with Gasteiger partial charge in [0.1, 0.15) is 10.0 Å². The van der Waals surface area contributed by atoms with Crippen LogP contribution >= 0.6 is 22.9 Å². The average molecular weight is 245 g/mol. The molecule has 0 N–H and O–H groups in total. The zero-order valence-electron chi connectivity index (χ0n) is 9.29. The fourth-order valence-corrected chi connectivity index (χ4v) is 3.34. The molecule has 1 aliphatic carbocycles.